The van der Waals surface area contributed by atoms with E-state index in [9.17, 15) is 5.11 Å². The number of hydrogen-bond donors (Lipinski definition) is 2. The number of rotatable bonds is 3. The summed E-state index contributed by atoms with van der Waals surface area (Å²) in [5.41, 5.74) is 2.40. The Balaban J connectivity index is 2.03. The van der Waals surface area contributed by atoms with Gasteiger partial charge < -0.3 is 10.4 Å². The first-order chi connectivity index (χ1) is 10.8. The lowest BCUT2D eigenvalue weighted by molar-refractivity contribution is 0.474. The Morgan fingerprint density at radius 3 is 2.00 bits per heavy atom. The minimum Gasteiger partial charge on any atom is -0.507 e. The van der Waals surface area contributed by atoms with Crippen LogP contribution in [-0.2, 0) is 0 Å². The fraction of sp³-hybridized carbons (Fsp3) is 0. The third kappa shape index (κ3) is 3.33. The molecule has 0 saturated heterocycles. The minimum absolute atomic E-state index is 0.195. The normalized spacial score (nSPS) is 11.2. The number of nitrogens with zero attached hydrogens (tertiary/aromatic N) is 1. The maximum Gasteiger partial charge on any atom is 0.142 e. The summed E-state index contributed by atoms with van der Waals surface area (Å²) >= 11 is 0. The molecule has 0 unspecified atom stereocenters. The summed E-state index contributed by atoms with van der Waals surface area (Å²) in [4.78, 5) is 4.63. The molecule has 0 aliphatic carbocycles. The van der Waals surface area contributed by atoms with E-state index in [0.717, 1.165) is 11.4 Å². The van der Waals surface area contributed by atoms with Crippen molar-refractivity contribution in [2.45, 2.75) is 0 Å². The molecule has 0 heterocycles. The lowest BCUT2D eigenvalue weighted by Crippen LogP contribution is -2.13. The minimum atomic E-state index is 0.195. The number of benzene rings is 3. The maximum absolute atomic E-state index is 10.1. The summed E-state index contributed by atoms with van der Waals surface area (Å²) in [6.45, 7) is 0. The Bertz CT molecular complexity index is 768. The number of hydrogen-bond acceptors (Lipinski definition) is 2. The van der Waals surface area contributed by atoms with E-state index in [1.54, 1.807) is 12.1 Å². The van der Waals surface area contributed by atoms with Gasteiger partial charge in [0, 0.05) is 5.69 Å². The average molecular weight is 288 g/mol. The van der Waals surface area contributed by atoms with Crippen LogP contribution in [0.2, 0.25) is 0 Å². The second-order valence-corrected chi connectivity index (χ2v) is 4.80. The number of phenols is 1. The molecule has 0 aliphatic rings. The SMILES string of the molecule is Oc1ccccc1C(=Nc1ccccc1)Nc1ccccc1. The van der Waals surface area contributed by atoms with Crippen molar-refractivity contribution < 1.29 is 5.11 Å². The van der Waals surface area contributed by atoms with Crippen LogP contribution in [0.15, 0.2) is 89.9 Å². The Labute approximate surface area is 129 Å². The highest BCUT2D eigenvalue weighted by atomic mass is 16.3. The highest BCUT2D eigenvalue weighted by molar-refractivity contribution is 6.11. The molecule has 3 aromatic rings. The molecule has 0 fully saturated rings. The summed E-state index contributed by atoms with van der Waals surface area (Å²) in [6.07, 6.45) is 0. The molecule has 0 spiro atoms. The van der Waals surface area contributed by atoms with Gasteiger partial charge in [0.05, 0.1) is 11.3 Å². The van der Waals surface area contributed by atoms with Crippen LogP contribution in [0.4, 0.5) is 11.4 Å². The zero-order valence-corrected chi connectivity index (χ0v) is 12.0. The number of aliphatic imine (C=N–C) groups is 1. The van der Waals surface area contributed by atoms with Crippen LogP contribution >= 0.6 is 0 Å². The van der Waals surface area contributed by atoms with Crippen molar-refractivity contribution in [2.24, 2.45) is 4.99 Å². The highest BCUT2D eigenvalue weighted by Gasteiger charge is 2.09. The quantitative estimate of drug-likeness (QED) is 0.547. The van der Waals surface area contributed by atoms with Gasteiger partial charge in [-0.05, 0) is 36.4 Å². The second-order valence-electron chi connectivity index (χ2n) is 4.80. The van der Waals surface area contributed by atoms with Crippen LogP contribution in [0, 0.1) is 0 Å². The first-order valence-electron chi connectivity index (χ1n) is 7.07. The van der Waals surface area contributed by atoms with Gasteiger partial charge in [-0.15, -0.1) is 0 Å². The molecule has 0 aliphatic heterocycles. The molecule has 0 amide bonds. The van der Waals surface area contributed by atoms with Gasteiger partial charge in [0.2, 0.25) is 0 Å². The fourth-order valence-corrected chi connectivity index (χ4v) is 2.12. The summed E-state index contributed by atoms with van der Waals surface area (Å²) in [5.74, 6) is 0.802. The molecule has 0 saturated carbocycles. The number of nitrogens with one attached hydrogen (secondary N) is 1. The van der Waals surface area contributed by atoms with E-state index >= 15 is 0 Å². The Morgan fingerprint density at radius 2 is 1.32 bits per heavy atom. The first-order valence-corrected chi connectivity index (χ1v) is 7.07. The van der Waals surface area contributed by atoms with Gasteiger partial charge in [-0.1, -0.05) is 48.5 Å². The predicted molar refractivity (Wildman–Crippen MR) is 90.8 cm³/mol. The molecular formula is C19H16N2O. The standard InChI is InChI=1S/C19H16N2O/c22-18-14-8-7-13-17(18)19(20-15-9-3-1-4-10-15)21-16-11-5-2-6-12-16/h1-14,22H,(H,20,21). The van der Waals surface area contributed by atoms with Crippen molar-refractivity contribution >= 4 is 17.2 Å². The van der Waals surface area contributed by atoms with Crippen molar-refractivity contribution in [2.75, 3.05) is 5.32 Å². The van der Waals surface area contributed by atoms with Gasteiger partial charge in [-0.3, -0.25) is 0 Å². The smallest absolute Gasteiger partial charge is 0.142 e. The van der Waals surface area contributed by atoms with Crippen LogP contribution in [0.25, 0.3) is 0 Å². The molecule has 22 heavy (non-hydrogen) atoms. The van der Waals surface area contributed by atoms with Crippen LogP contribution in [0.3, 0.4) is 0 Å². The van der Waals surface area contributed by atoms with Gasteiger partial charge in [0.1, 0.15) is 11.6 Å². The first kappa shape index (κ1) is 13.9. The van der Waals surface area contributed by atoms with Crippen molar-refractivity contribution in [3.05, 3.63) is 90.5 Å². The van der Waals surface area contributed by atoms with Crippen LogP contribution < -0.4 is 5.32 Å². The molecule has 108 valence electrons. The average Bonchev–Trinajstić information content (AvgIpc) is 2.57. The molecule has 2 N–H and O–H groups in total. The van der Waals surface area contributed by atoms with Gasteiger partial charge in [0.15, 0.2) is 0 Å². The van der Waals surface area contributed by atoms with E-state index in [2.05, 4.69) is 10.3 Å². The summed E-state index contributed by atoms with van der Waals surface area (Å²) in [6, 6.07) is 26.6. The molecular weight excluding hydrogens is 272 g/mol. The summed E-state index contributed by atoms with van der Waals surface area (Å²) in [7, 11) is 0. The maximum atomic E-state index is 10.1. The molecule has 0 bridgehead atoms. The molecule has 3 aromatic carbocycles. The number of anilines is 1. The number of amidine groups is 1. The van der Waals surface area contributed by atoms with E-state index in [1.807, 2.05) is 72.8 Å². The fourth-order valence-electron chi connectivity index (χ4n) is 2.12. The topological polar surface area (TPSA) is 44.6 Å². The second kappa shape index (κ2) is 6.59. The van der Waals surface area contributed by atoms with Gasteiger partial charge in [-0.2, -0.15) is 0 Å². The monoisotopic (exact) mass is 288 g/mol. The van der Waals surface area contributed by atoms with Crippen molar-refractivity contribution in [3.63, 3.8) is 0 Å². The molecule has 0 atom stereocenters. The third-order valence-electron chi connectivity index (χ3n) is 3.19. The van der Waals surface area contributed by atoms with Gasteiger partial charge in [0.25, 0.3) is 0 Å². The zero-order chi connectivity index (χ0) is 15.2. The van der Waals surface area contributed by atoms with E-state index < -0.39 is 0 Å². The lowest BCUT2D eigenvalue weighted by Gasteiger charge is -2.12. The lowest BCUT2D eigenvalue weighted by atomic mass is 10.1. The molecule has 3 rings (SSSR count). The van der Waals surface area contributed by atoms with Gasteiger partial charge in [-0.25, -0.2) is 4.99 Å². The Kier molecular flexibility index (Phi) is 4.16. The molecule has 3 nitrogen and oxygen atoms in total. The molecule has 3 heteroatoms. The van der Waals surface area contributed by atoms with Crippen molar-refractivity contribution in [1.82, 2.24) is 0 Å². The largest absolute Gasteiger partial charge is 0.507 e. The predicted octanol–water partition coefficient (Wildman–Crippen LogP) is 4.58. The van der Waals surface area contributed by atoms with Gasteiger partial charge >= 0.3 is 0 Å². The highest BCUT2D eigenvalue weighted by Crippen LogP contribution is 2.21. The number of para-hydroxylation sites is 3. The van der Waals surface area contributed by atoms with Crippen LogP contribution in [0.5, 0.6) is 5.75 Å². The van der Waals surface area contributed by atoms with Crippen molar-refractivity contribution in [3.8, 4) is 5.75 Å². The number of phenolic OH excluding ortho intramolecular Hbond substituents is 1. The molecule has 0 radical (unpaired) electrons. The summed E-state index contributed by atoms with van der Waals surface area (Å²) < 4.78 is 0. The number of aromatic hydroxyl groups is 1. The Hall–Kier alpha value is -3.07. The van der Waals surface area contributed by atoms with Crippen LogP contribution in [-0.4, -0.2) is 10.9 Å². The van der Waals surface area contributed by atoms with E-state index in [-0.39, 0.29) is 5.75 Å². The van der Waals surface area contributed by atoms with E-state index in [0.29, 0.717) is 11.4 Å². The van der Waals surface area contributed by atoms with Crippen molar-refractivity contribution in [1.29, 1.82) is 0 Å². The third-order valence-corrected chi connectivity index (χ3v) is 3.19. The van der Waals surface area contributed by atoms with E-state index in [4.69, 9.17) is 0 Å². The zero-order valence-electron chi connectivity index (χ0n) is 12.0. The Morgan fingerprint density at radius 1 is 0.727 bits per heavy atom. The van der Waals surface area contributed by atoms with Crippen LogP contribution in [0.1, 0.15) is 5.56 Å². The van der Waals surface area contributed by atoms with E-state index in [1.165, 1.54) is 0 Å². The molecule has 0 aromatic heterocycles. The summed E-state index contributed by atoms with van der Waals surface area (Å²) in [5, 5.41) is 13.4.